The average molecular weight is 422 g/mol. The highest BCUT2D eigenvalue weighted by Gasteiger charge is 2.33. The van der Waals surface area contributed by atoms with E-state index < -0.39 is 0 Å². The Balaban J connectivity index is 1.36. The highest BCUT2D eigenvalue weighted by molar-refractivity contribution is 5.73. The first-order valence-electron chi connectivity index (χ1n) is 11.5. The van der Waals surface area contributed by atoms with Crippen LogP contribution in [0.3, 0.4) is 0 Å². The Kier molecular flexibility index (Phi) is 5.52. The van der Waals surface area contributed by atoms with Crippen LogP contribution in [0.5, 0.6) is 5.75 Å². The van der Waals surface area contributed by atoms with Crippen molar-refractivity contribution in [3.05, 3.63) is 52.2 Å². The van der Waals surface area contributed by atoms with Gasteiger partial charge in [-0.15, -0.1) is 0 Å². The van der Waals surface area contributed by atoms with Crippen molar-refractivity contribution in [3.8, 4) is 5.75 Å². The van der Waals surface area contributed by atoms with Crippen LogP contribution in [0.1, 0.15) is 62.9 Å². The molecule has 1 aromatic carbocycles. The quantitative estimate of drug-likeness (QED) is 0.654. The fourth-order valence-electron chi connectivity index (χ4n) is 5.21. The van der Waals surface area contributed by atoms with Gasteiger partial charge in [-0.3, -0.25) is 9.69 Å². The molecule has 0 spiro atoms. The van der Waals surface area contributed by atoms with Gasteiger partial charge in [-0.2, -0.15) is 5.10 Å². The van der Waals surface area contributed by atoms with E-state index in [4.69, 9.17) is 9.72 Å². The van der Waals surface area contributed by atoms with E-state index in [0.717, 1.165) is 49.7 Å². The van der Waals surface area contributed by atoms with Crippen LogP contribution in [0.2, 0.25) is 0 Å². The second kappa shape index (κ2) is 8.46. The van der Waals surface area contributed by atoms with Crippen molar-refractivity contribution in [3.63, 3.8) is 0 Å². The molecule has 1 N–H and O–H groups in total. The maximum atomic E-state index is 12.8. The van der Waals surface area contributed by atoms with Crippen LogP contribution in [0.4, 0.5) is 0 Å². The Hall–Kier alpha value is -2.67. The number of H-pyrrole nitrogens is 1. The number of ether oxygens (including phenoxy) is 1. The zero-order valence-electron chi connectivity index (χ0n) is 18.4. The van der Waals surface area contributed by atoms with Gasteiger partial charge in [0.2, 0.25) is 0 Å². The van der Waals surface area contributed by atoms with E-state index in [0.29, 0.717) is 24.0 Å². The molecule has 0 amide bonds. The minimum atomic E-state index is -0.0681. The molecule has 7 nitrogen and oxygen atoms in total. The molecule has 3 aromatic rings. The van der Waals surface area contributed by atoms with Crippen molar-refractivity contribution in [1.29, 1.82) is 0 Å². The van der Waals surface area contributed by atoms with Crippen LogP contribution < -0.4 is 10.3 Å². The van der Waals surface area contributed by atoms with Crippen LogP contribution in [0.25, 0.3) is 11.0 Å². The average Bonchev–Trinajstić information content (AvgIpc) is 3.49. The molecule has 1 saturated carbocycles. The number of aromatic amines is 1. The van der Waals surface area contributed by atoms with Gasteiger partial charge in [-0.05, 0) is 43.4 Å². The maximum absolute atomic E-state index is 12.8. The molecule has 5 rings (SSSR count). The number of nitrogens with one attached hydrogen (secondary N) is 1. The Labute approximate surface area is 182 Å². The summed E-state index contributed by atoms with van der Waals surface area (Å²) in [4.78, 5) is 23.2. The predicted molar refractivity (Wildman–Crippen MR) is 120 cm³/mol. The van der Waals surface area contributed by atoms with Crippen LogP contribution >= 0.6 is 0 Å². The Morgan fingerprint density at radius 2 is 1.94 bits per heavy atom. The van der Waals surface area contributed by atoms with Gasteiger partial charge in [0, 0.05) is 25.6 Å². The Morgan fingerprint density at radius 3 is 2.68 bits per heavy atom. The minimum Gasteiger partial charge on any atom is -0.494 e. The second-order valence-electron chi connectivity index (χ2n) is 9.07. The molecular formula is C24H31N5O2. The summed E-state index contributed by atoms with van der Waals surface area (Å²) in [7, 11) is 0. The summed E-state index contributed by atoms with van der Waals surface area (Å²) in [5.74, 6) is 2.35. The topological polar surface area (TPSA) is 76.0 Å². The number of aromatic nitrogens is 4. The fourth-order valence-corrected chi connectivity index (χ4v) is 5.21. The van der Waals surface area contributed by atoms with E-state index in [2.05, 4.69) is 34.0 Å². The van der Waals surface area contributed by atoms with Gasteiger partial charge in [0.05, 0.1) is 18.8 Å². The largest absolute Gasteiger partial charge is 0.494 e. The molecule has 0 unspecified atom stereocenters. The summed E-state index contributed by atoms with van der Waals surface area (Å²) in [6.45, 7) is 7.69. The Bertz CT molecular complexity index is 1100. The molecular weight excluding hydrogens is 390 g/mol. The summed E-state index contributed by atoms with van der Waals surface area (Å²) in [5, 5.41) is 5.13. The molecule has 2 fully saturated rings. The number of hydrogen-bond acceptors (Lipinski definition) is 5. The van der Waals surface area contributed by atoms with Gasteiger partial charge in [0.1, 0.15) is 17.0 Å². The summed E-state index contributed by atoms with van der Waals surface area (Å²) in [6, 6.07) is 8.71. The molecule has 7 heteroatoms. The van der Waals surface area contributed by atoms with Crippen molar-refractivity contribution in [1.82, 2.24) is 24.6 Å². The van der Waals surface area contributed by atoms with E-state index in [1.165, 1.54) is 18.4 Å². The lowest BCUT2D eigenvalue weighted by Crippen LogP contribution is -2.21. The van der Waals surface area contributed by atoms with Crippen LogP contribution in [-0.4, -0.2) is 44.3 Å². The van der Waals surface area contributed by atoms with E-state index >= 15 is 0 Å². The molecule has 1 aliphatic heterocycles. The molecule has 0 bridgehead atoms. The first-order valence-corrected chi connectivity index (χ1v) is 11.5. The fraction of sp³-hybridized carbons (Fsp3) is 0.542. The van der Waals surface area contributed by atoms with Gasteiger partial charge in [-0.25, -0.2) is 9.67 Å². The van der Waals surface area contributed by atoms with Gasteiger partial charge >= 0.3 is 0 Å². The Morgan fingerprint density at radius 1 is 1.16 bits per heavy atom. The van der Waals surface area contributed by atoms with Crippen molar-refractivity contribution >= 4 is 11.0 Å². The molecule has 2 aromatic heterocycles. The number of fused-ring (bicyclic) bond motifs is 1. The normalized spacial score (nSPS) is 22.5. The maximum Gasteiger partial charge on any atom is 0.262 e. The minimum absolute atomic E-state index is 0.0681. The molecule has 164 valence electrons. The number of rotatable bonds is 6. The standard InChI is InChI=1S/C24H31N5O2/c1-3-31-19-10-8-17(9-11-19)14-28-13-16(2)21(15-28)22-26-23-20(24(30)27-22)12-25-29(23)18-6-4-5-7-18/h8-12,16,18,21H,3-7,13-15H2,1-2H3,(H,26,27,30)/t16-,21-/m1/s1. The lowest BCUT2D eigenvalue weighted by atomic mass is 9.97. The molecule has 0 radical (unpaired) electrons. The van der Waals surface area contributed by atoms with E-state index in [9.17, 15) is 4.79 Å². The van der Waals surface area contributed by atoms with Gasteiger partial charge in [0.25, 0.3) is 5.56 Å². The zero-order valence-corrected chi connectivity index (χ0v) is 18.4. The molecule has 3 heterocycles. The summed E-state index contributed by atoms with van der Waals surface area (Å²) >= 11 is 0. The summed E-state index contributed by atoms with van der Waals surface area (Å²) in [6.07, 6.45) is 6.37. The summed E-state index contributed by atoms with van der Waals surface area (Å²) in [5.41, 5.74) is 1.96. The van der Waals surface area contributed by atoms with Gasteiger partial charge in [0.15, 0.2) is 5.65 Å². The van der Waals surface area contributed by atoms with E-state index in [-0.39, 0.29) is 11.5 Å². The van der Waals surface area contributed by atoms with Gasteiger partial charge in [-0.1, -0.05) is 31.9 Å². The lowest BCUT2D eigenvalue weighted by molar-refractivity contribution is 0.317. The number of benzene rings is 1. The van der Waals surface area contributed by atoms with Crippen molar-refractivity contribution < 1.29 is 4.74 Å². The van der Waals surface area contributed by atoms with E-state index in [1.54, 1.807) is 6.20 Å². The number of nitrogens with zero attached hydrogens (tertiary/aromatic N) is 4. The van der Waals surface area contributed by atoms with E-state index in [1.807, 2.05) is 23.7 Å². The zero-order chi connectivity index (χ0) is 21.4. The summed E-state index contributed by atoms with van der Waals surface area (Å²) < 4.78 is 7.54. The molecule has 1 aliphatic carbocycles. The third-order valence-electron chi connectivity index (χ3n) is 6.83. The molecule has 2 atom stereocenters. The van der Waals surface area contributed by atoms with Gasteiger partial charge < -0.3 is 9.72 Å². The smallest absolute Gasteiger partial charge is 0.262 e. The number of hydrogen-bond donors (Lipinski definition) is 1. The monoisotopic (exact) mass is 421 g/mol. The third kappa shape index (κ3) is 3.99. The van der Waals surface area contributed by atoms with Crippen LogP contribution in [0, 0.1) is 5.92 Å². The SMILES string of the molecule is CCOc1ccc(CN2C[C@@H](C)[C@H](c3nc4c(cnn4C4CCCC4)c(=O)[nH]3)C2)cc1. The second-order valence-corrected chi connectivity index (χ2v) is 9.07. The van der Waals surface area contributed by atoms with Crippen LogP contribution in [-0.2, 0) is 6.54 Å². The number of likely N-dealkylation sites (tertiary alicyclic amines) is 1. The lowest BCUT2D eigenvalue weighted by Gasteiger charge is -2.16. The molecule has 1 saturated heterocycles. The van der Waals surface area contributed by atoms with Crippen molar-refractivity contribution in [2.45, 2.75) is 58.0 Å². The highest BCUT2D eigenvalue weighted by atomic mass is 16.5. The predicted octanol–water partition coefficient (Wildman–Crippen LogP) is 3.87. The van der Waals surface area contributed by atoms with Crippen molar-refractivity contribution in [2.75, 3.05) is 19.7 Å². The van der Waals surface area contributed by atoms with Crippen LogP contribution in [0.15, 0.2) is 35.3 Å². The first kappa shape index (κ1) is 20.2. The first-order chi connectivity index (χ1) is 15.1. The highest BCUT2D eigenvalue weighted by Crippen LogP contribution is 2.33. The third-order valence-corrected chi connectivity index (χ3v) is 6.83. The van der Waals surface area contributed by atoms with Crippen molar-refractivity contribution in [2.24, 2.45) is 5.92 Å². The molecule has 31 heavy (non-hydrogen) atoms. The molecule has 2 aliphatic rings.